The predicted octanol–water partition coefficient (Wildman–Crippen LogP) is 3.94. The minimum atomic E-state index is -2.53. The molecular formula is C16H32O4Si. The molecule has 1 unspecified atom stereocenters. The minimum Gasteiger partial charge on any atom is -0.374 e. The first-order valence-corrected chi connectivity index (χ1v) is 10.1. The molecule has 124 valence electrons. The van der Waals surface area contributed by atoms with Crippen molar-refractivity contribution in [2.45, 2.75) is 72.1 Å². The summed E-state index contributed by atoms with van der Waals surface area (Å²) >= 11 is 0. The zero-order valence-corrected chi connectivity index (χ0v) is 15.5. The van der Waals surface area contributed by atoms with Crippen molar-refractivity contribution in [2.24, 2.45) is 0 Å². The molecule has 0 aromatic heterocycles. The minimum absolute atomic E-state index is 0.0841. The van der Waals surface area contributed by atoms with Crippen LogP contribution in [0.25, 0.3) is 0 Å². The molecule has 1 heterocycles. The maximum absolute atomic E-state index is 5.86. The fourth-order valence-electron chi connectivity index (χ4n) is 2.46. The van der Waals surface area contributed by atoms with Crippen LogP contribution in [-0.4, -0.2) is 40.3 Å². The smallest absolute Gasteiger partial charge is 0.374 e. The molecule has 1 saturated heterocycles. The molecule has 1 rings (SSSR count). The van der Waals surface area contributed by atoms with Gasteiger partial charge in [0.1, 0.15) is 0 Å². The standard InChI is InChI=1S/C16H32O4Si/c1-7-17-21(18-8-2,19-9-3)13-12-14(4)10-11-15-16(5,6)20-15/h12,15H,7-11,13H2,1-6H3. The zero-order chi connectivity index (χ0) is 15.9. The number of allylic oxidation sites excluding steroid dienone is 2. The van der Waals surface area contributed by atoms with Crippen LogP contribution >= 0.6 is 0 Å². The molecule has 0 aromatic carbocycles. The van der Waals surface area contributed by atoms with Crippen LogP contribution in [0.1, 0.15) is 54.4 Å². The molecule has 1 atom stereocenters. The van der Waals surface area contributed by atoms with E-state index in [0.717, 1.165) is 18.9 Å². The largest absolute Gasteiger partial charge is 0.504 e. The summed E-state index contributed by atoms with van der Waals surface area (Å²) in [7, 11) is -2.53. The molecule has 0 bridgehead atoms. The van der Waals surface area contributed by atoms with Gasteiger partial charge in [-0.15, -0.1) is 0 Å². The number of rotatable bonds is 11. The molecule has 5 heteroatoms. The quantitative estimate of drug-likeness (QED) is 0.329. The van der Waals surface area contributed by atoms with Crippen molar-refractivity contribution in [1.29, 1.82) is 0 Å². The van der Waals surface area contributed by atoms with E-state index in [9.17, 15) is 0 Å². The summed E-state index contributed by atoms with van der Waals surface area (Å²) in [5.41, 5.74) is 1.44. The van der Waals surface area contributed by atoms with Crippen molar-refractivity contribution in [1.82, 2.24) is 0 Å². The monoisotopic (exact) mass is 316 g/mol. The van der Waals surface area contributed by atoms with Crippen LogP contribution in [-0.2, 0) is 18.0 Å². The van der Waals surface area contributed by atoms with Crippen LogP contribution in [0.3, 0.4) is 0 Å². The molecule has 0 N–H and O–H groups in total. The Hall–Kier alpha value is -0.203. The number of ether oxygens (including phenoxy) is 1. The second kappa shape index (κ2) is 8.43. The Balaban J connectivity index is 2.50. The van der Waals surface area contributed by atoms with E-state index >= 15 is 0 Å². The average Bonchev–Trinajstić information content (AvgIpc) is 3.03. The Kier molecular flexibility index (Phi) is 7.57. The molecule has 0 radical (unpaired) electrons. The van der Waals surface area contributed by atoms with Gasteiger partial charge in [0.15, 0.2) is 0 Å². The molecule has 0 amide bonds. The third-order valence-electron chi connectivity index (χ3n) is 3.76. The summed E-state index contributed by atoms with van der Waals surface area (Å²) in [6.45, 7) is 14.3. The van der Waals surface area contributed by atoms with Crippen molar-refractivity contribution in [3.63, 3.8) is 0 Å². The van der Waals surface area contributed by atoms with Crippen molar-refractivity contribution < 1.29 is 18.0 Å². The van der Waals surface area contributed by atoms with Crippen LogP contribution in [0, 0.1) is 0 Å². The second-order valence-electron chi connectivity index (χ2n) is 5.99. The normalized spacial score (nSPS) is 21.6. The first-order valence-electron chi connectivity index (χ1n) is 8.14. The van der Waals surface area contributed by atoms with E-state index in [-0.39, 0.29) is 5.60 Å². The van der Waals surface area contributed by atoms with Crippen LogP contribution in [0.5, 0.6) is 0 Å². The lowest BCUT2D eigenvalue weighted by Gasteiger charge is -2.27. The average molecular weight is 317 g/mol. The van der Waals surface area contributed by atoms with Crippen LogP contribution in [0.4, 0.5) is 0 Å². The van der Waals surface area contributed by atoms with Gasteiger partial charge in [0.05, 0.1) is 11.7 Å². The van der Waals surface area contributed by atoms with E-state index in [0.29, 0.717) is 25.9 Å². The van der Waals surface area contributed by atoms with Crippen LogP contribution in [0.15, 0.2) is 11.6 Å². The third-order valence-corrected chi connectivity index (χ3v) is 6.65. The summed E-state index contributed by atoms with van der Waals surface area (Å²) in [6, 6.07) is 0.753. The molecule has 0 saturated carbocycles. The van der Waals surface area contributed by atoms with E-state index < -0.39 is 8.80 Å². The summed E-state index contributed by atoms with van der Waals surface area (Å²) < 4.78 is 23.2. The Morgan fingerprint density at radius 3 is 1.95 bits per heavy atom. The first kappa shape index (κ1) is 18.8. The highest BCUT2D eigenvalue weighted by molar-refractivity contribution is 6.61. The second-order valence-corrected chi connectivity index (χ2v) is 8.63. The van der Waals surface area contributed by atoms with Gasteiger partial charge < -0.3 is 18.0 Å². The number of hydrogen-bond donors (Lipinski definition) is 0. The van der Waals surface area contributed by atoms with E-state index in [1.807, 2.05) is 20.8 Å². The molecular weight excluding hydrogens is 284 g/mol. The molecule has 1 fully saturated rings. The Morgan fingerprint density at radius 2 is 1.57 bits per heavy atom. The summed E-state index contributed by atoms with van der Waals surface area (Å²) in [5, 5.41) is 0. The van der Waals surface area contributed by atoms with E-state index in [4.69, 9.17) is 18.0 Å². The fourth-order valence-corrected chi connectivity index (χ4v) is 4.98. The van der Waals surface area contributed by atoms with Gasteiger partial charge in [-0.3, -0.25) is 0 Å². The van der Waals surface area contributed by atoms with Gasteiger partial charge in [0.25, 0.3) is 0 Å². The Bertz CT molecular complexity index is 324. The molecule has 0 aromatic rings. The predicted molar refractivity (Wildman–Crippen MR) is 87.4 cm³/mol. The highest BCUT2D eigenvalue weighted by Gasteiger charge is 2.46. The van der Waals surface area contributed by atoms with Crippen molar-refractivity contribution in [2.75, 3.05) is 19.8 Å². The molecule has 21 heavy (non-hydrogen) atoms. The van der Waals surface area contributed by atoms with Gasteiger partial charge in [-0.25, -0.2) is 0 Å². The lowest BCUT2D eigenvalue weighted by Crippen LogP contribution is -2.45. The van der Waals surface area contributed by atoms with Gasteiger partial charge in [-0.05, 0) is 54.4 Å². The molecule has 0 aliphatic carbocycles. The van der Waals surface area contributed by atoms with E-state index in [1.165, 1.54) is 5.57 Å². The van der Waals surface area contributed by atoms with Gasteiger partial charge in [0, 0.05) is 25.9 Å². The van der Waals surface area contributed by atoms with Gasteiger partial charge in [-0.2, -0.15) is 0 Å². The van der Waals surface area contributed by atoms with Gasteiger partial charge in [0.2, 0.25) is 0 Å². The van der Waals surface area contributed by atoms with Crippen LogP contribution in [0.2, 0.25) is 6.04 Å². The molecule has 1 aliphatic heterocycles. The fraction of sp³-hybridized carbons (Fsp3) is 0.875. The molecule has 1 aliphatic rings. The lowest BCUT2D eigenvalue weighted by atomic mass is 10.0. The first-order chi connectivity index (χ1) is 9.89. The lowest BCUT2D eigenvalue weighted by molar-refractivity contribution is 0.0742. The summed E-state index contributed by atoms with van der Waals surface area (Å²) in [5.74, 6) is 0. The van der Waals surface area contributed by atoms with Crippen molar-refractivity contribution in [3.8, 4) is 0 Å². The van der Waals surface area contributed by atoms with Crippen molar-refractivity contribution >= 4 is 8.80 Å². The number of epoxide rings is 1. The van der Waals surface area contributed by atoms with Gasteiger partial charge in [-0.1, -0.05) is 11.6 Å². The maximum atomic E-state index is 5.86. The van der Waals surface area contributed by atoms with E-state index in [1.54, 1.807) is 0 Å². The van der Waals surface area contributed by atoms with E-state index in [2.05, 4.69) is 26.8 Å². The summed E-state index contributed by atoms with van der Waals surface area (Å²) in [4.78, 5) is 0. The van der Waals surface area contributed by atoms with Gasteiger partial charge >= 0.3 is 8.80 Å². The zero-order valence-electron chi connectivity index (χ0n) is 14.5. The third kappa shape index (κ3) is 6.20. The topological polar surface area (TPSA) is 40.2 Å². The maximum Gasteiger partial charge on any atom is 0.504 e. The van der Waals surface area contributed by atoms with Crippen LogP contribution < -0.4 is 0 Å². The Morgan fingerprint density at radius 1 is 1.10 bits per heavy atom. The SMILES string of the molecule is CCO[Si](CC=C(C)CCC1OC1(C)C)(OCC)OCC. The highest BCUT2D eigenvalue weighted by Crippen LogP contribution is 2.39. The Labute approximate surface area is 131 Å². The molecule has 4 nitrogen and oxygen atoms in total. The van der Waals surface area contributed by atoms with Crippen molar-refractivity contribution in [3.05, 3.63) is 11.6 Å². The summed E-state index contributed by atoms with van der Waals surface area (Å²) in [6.07, 6.45) is 4.78. The number of hydrogen-bond acceptors (Lipinski definition) is 4. The highest BCUT2D eigenvalue weighted by atomic mass is 28.4. The molecule has 0 spiro atoms.